The topological polar surface area (TPSA) is 84.6 Å². The number of nitrogens with two attached hydrogens (primary N) is 1. The maximum atomic E-state index is 11.9. The van der Waals surface area contributed by atoms with E-state index in [2.05, 4.69) is 5.32 Å². The molecule has 0 spiro atoms. The van der Waals surface area contributed by atoms with Gasteiger partial charge in [-0.15, -0.1) is 0 Å². The lowest BCUT2D eigenvalue weighted by Gasteiger charge is -2.35. The van der Waals surface area contributed by atoms with Gasteiger partial charge in [0.2, 0.25) is 0 Å². The van der Waals surface area contributed by atoms with Crippen LogP contribution in [0.15, 0.2) is 24.3 Å². The van der Waals surface area contributed by atoms with Crippen molar-refractivity contribution < 1.29 is 14.6 Å². The number of rotatable bonds is 6. The number of nitrogens with one attached hydrogen (secondary N) is 1. The summed E-state index contributed by atoms with van der Waals surface area (Å²) >= 11 is 0. The standard InChI is InChI=1S/C16H24N2O3/c17-13-5-4-6-14(9-13)21-10-15(20)18-11-16(12-19)7-2-1-3-8-16/h4-6,9,19H,1-3,7-8,10-12,17H2,(H,18,20). The van der Waals surface area contributed by atoms with Crippen LogP contribution in [0.1, 0.15) is 32.1 Å². The smallest absolute Gasteiger partial charge is 0.257 e. The summed E-state index contributed by atoms with van der Waals surface area (Å²) in [6.45, 7) is 0.608. The first-order valence-electron chi connectivity index (χ1n) is 7.49. The van der Waals surface area contributed by atoms with Crippen LogP contribution in [0, 0.1) is 5.41 Å². The molecule has 5 nitrogen and oxygen atoms in total. The highest BCUT2D eigenvalue weighted by atomic mass is 16.5. The number of nitrogen functional groups attached to an aromatic ring is 1. The largest absolute Gasteiger partial charge is 0.484 e. The van der Waals surface area contributed by atoms with Gasteiger partial charge in [-0.25, -0.2) is 0 Å². The first-order chi connectivity index (χ1) is 10.1. The van der Waals surface area contributed by atoms with E-state index in [1.54, 1.807) is 24.3 Å². The SMILES string of the molecule is Nc1cccc(OCC(=O)NCC2(CO)CCCCC2)c1. The minimum Gasteiger partial charge on any atom is -0.484 e. The van der Waals surface area contributed by atoms with Gasteiger partial charge in [0.1, 0.15) is 5.75 Å². The van der Waals surface area contributed by atoms with Crippen molar-refractivity contribution in [2.45, 2.75) is 32.1 Å². The molecule has 0 bridgehead atoms. The molecule has 1 aromatic rings. The number of amides is 1. The third-order valence-corrected chi connectivity index (χ3v) is 4.14. The van der Waals surface area contributed by atoms with Crippen molar-refractivity contribution in [3.8, 4) is 5.75 Å². The Balaban J connectivity index is 1.76. The van der Waals surface area contributed by atoms with Crippen LogP contribution in [0.2, 0.25) is 0 Å². The lowest BCUT2D eigenvalue weighted by Crippen LogP contribution is -2.42. The molecule has 0 aromatic heterocycles. The molecule has 1 amide bonds. The van der Waals surface area contributed by atoms with E-state index in [-0.39, 0.29) is 24.5 Å². The molecule has 0 aliphatic heterocycles. The molecule has 1 fully saturated rings. The third-order valence-electron chi connectivity index (χ3n) is 4.14. The Morgan fingerprint density at radius 1 is 1.33 bits per heavy atom. The molecule has 1 aliphatic rings. The van der Waals surface area contributed by atoms with Gasteiger partial charge in [-0.1, -0.05) is 25.3 Å². The number of aliphatic hydroxyl groups is 1. The maximum Gasteiger partial charge on any atom is 0.257 e. The zero-order valence-corrected chi connectivity index (χ0v) is 12.3. The second-order valence-electron chi connectivity index (χ2n) is 5.86. The quantitative estimate of drug-likeness (QED) is 0.697. The summed E-state index contributed by atoms with van der Waals surface area (Å²) in [4.78, 5) is 11.9. The predicted octanol–water partition coefficient (Wildman–Crippen LogP) is 1.71. The molecule has 1 aromatic carbocycles. The van der Waals surface area contributed by atoms with Crippen LogP contribution in [-0.4, -0.2) is 30.8 Å². The lowest BCUT2D eigenvalue weighted by atomic mass is 9.74. The zero-order valence-electron chi connectivity index (χ0n) is 12.3. The fourth-order valence-electron chi connectivity index (χ4n) is 2.78. The molecule has 116 valence electrons. The second-order valence-corrected chi connectivity index (χ2v) is 5.86. The number of aliphatic hydroxyl groups excluding tert-OH is 1. The molecule has 0 atom stereocenters. The first-order valence-corrected chi connectivity index (χ1v) is 7.49. The summed E-state index contributed by atoms with van der Waals surface area (Å²) in [5.74, 6) is 0.413. The van der Waals surface area contributed by atoms with Gasteiger partial charge < -0.3 is 20.9 Å². The van der Waals surface area contributed by atoms with Crippen LogP contribution in [0.3, 0.4) is 0 Å². The lowest BCUT2D eigenvalue weighted by molar-refractivity contribution is -0.123. The van der Waals surface area contributed by atoms with Crippen molar-refractivity contribution in [1.82, 2.24) is 5.32 Å². The Hall–Kier alpha value is -1.75. The van der Waals surface area contributed by atoms with Crippen LogP contribution in [0.25, 0.3) is 0 Å². The normalized spacial score (nSPS) is 17.2. The number of carbonyl (C=O) groups is 1. The number of hydrogen-bond donors (Lipinski definition) is 3. The summed E-state index contributed by atoms with van der Waals surface area (Å²) in [6.07, 6.45) is 5.40. The predicted molar refractivity (Wildman–Crippen MR) is 82.0 cm³/mol. The Morgan fingerprint density at radius 3 is 2.76 bits per heavy atom. The number of anilines is 1. The van der Waals surface area contributed by atoms with Crippen LogP contribution in [0.5, 0.6) is 5.75 Å². The fraction of sp³-hybridized carbons (Fsp3) is 0.562. The Kier molecular flexibility index (Phi) is 5.44. The van der Waals surface area contributed by atoms with E-state index >= 15 is 0 Å². The fourth-order valence-corrected chi connectivity index (χ4v) is 2.78. The molecule has 5 heteroatoms. The minimum atomic E-state index is -0.171. The van der Waals surface area contributed by atoms with E-state index in [4.69, 9.17) is 10.5 Å². The highest BCUT2D eigenvalue weighted by Gasteiger charge is 2.31. The van der Waals surface area contributed by atoms with Crippen molar-refractivity contribution in [2.24, 2.45) is 5.41 Å². The third kappa shape index (κ3) is 4.63. The summed E-state index contributed by atoms with van der Waals surface area (Å²) < 4.78 is 5.40. The molecule has 1 saturated carbocycles. The monoisotopic (exact) mass is 292 g/mol. The van der Waals surface area contributed by atoms with Crippen LogP contribution >= 0.6 is 0 Å². The van der Waals surface area contributed by atoms with Gasteiger partial charge in [-0.05, 0) is 25.0 Å². The number of benzene rings is 1. The molecule has 21 heavy (non-hydrogen) atoms. The molecule has 0 unspecified atom stereocenters. The van der Waals surface area contributed by atoms with Crippen molar-refractivity contribution in [3.63, 3.8) is 0 Å². The molecule has 1 aliphatic carbocycles. The van der Waals surface area contributed by atoms with E-state index in [0.29, 0.717) is 18.0 Å². The molecular formula is C16H24N2O3. The minimum absolute atomic E-state index is 0.0367. The van der Waals surface area contributed by atoms with Gasteiger partial charge in [0.25, 0.3) is 5.91 Å². The van der Waals surface area contributed by atoms with E-state index < -0.39 is 0 Å². The number of carbonyl (C=O) groups excluding carboxylic acids is 1. The summed E-state index contributed by atoms with van der Waals surface area (Å²) in [5.41, 5.74) is 6.11. The Morgan fingerprint density at radius 2 is 2.10 bits per heavy atom. The van der Waals surface area contributed by atoms with Crippen molar-refractivity contribution >= 4 is 11.6 Å². The van der Waals surface area contributed by atoms with Crippen LogP contribution < -0.4 is 15.8 Å². The van der Waals surface area contributed by atoms with Crippen molar-refractivity contribution in [1.29, 1.82) is 0 Å². The Bertz CT molecular complexity index is 470. The van der Waals surface area contributed by atoms with Gasteiger partial charge in [-0.3, -0.25) is 4.79 Å². The molecule has 0 saturated heterocycles. The van der Waals surface area contributed by atoms with Crippen LogP contribution in [0.4, 0.5) is 5.69 Å². The number of hydrogen-bond acceptors (Lipinski definition) is 4. The van der Waals surface area contributed by atoms with Crippen molar-refractivity contribution in [2.75, 3.05) is 25.5 Å². The summed E-state index contributed by atoms with van der Waals surface area (Å²) in [7, 11) is 0. The molecular weight excluding hydrogens is 268 g/mol. The van der Waals surface area contributed by atoms with E-state index in [1.165, 1.54) is 6.42 Å². The average molecular weight is 292 g/mol. The van der Waals surface area contributed by atoms with E-state index in [1.807, 2.05) is 0 Å². The van der Waals surface area contributed by atoms with Crippen LogP contribution in [-0.2, 0) is 4.79 Å². The summed E-state index contributed by atoms with van der Waals surface area (Å²) in [5, 5.41) is 12.5. The second kappa shape index (κ2) is 7.31. The van der Waals surface area contributed by atoms with E-state index in [0.717, 1.165) is 25.7 Å². The molecule has 2 rings (SSSR count). The van der Waals surface area contributed by atoms with Gasteiger partial charge in [0.15, 0.2) is 6.61 Å². The highest BCUT2D eigenvalue weighted by Crippen LogP contribution is 2.35. The number of ether oxygens (including phenoxy) is 1. The van der Waals surface area contributed by atoms with Crippen molar-refractivity contribution in [3.05, 3.63) is 24.3 Å². The maximum absolute atomic E-state index is 11.9. The Labute approximate surface area is 125 Å². The molecule has 4 N–H and O–H groups in total. The van der Waals surface area contributed by atoms with Gasteiger partial charge in [0.05, 0.1) is 6.61 Å². The first kappa shape index (κ1) is 15.6. The molecule has 0 radical (unpaired) electrons. The van der Waals surface area contributed by atoms with Gasteiger partial charge in [-0.2, -0.15) is 0 Å². The van der Waals surface area contributed by atoms with Gasteiger partial charge in [0, 0.05) is 23.7 Å². The highest BCUT2D eigenvalue weighted by molar-refractivity contribution is 5.77. The van der Waals surface area contributed by atoms with E-state index in [9.17, 15) is 9.90 Å². The zero-order chi connectivity index (χ0) is 15.1. The average Bonchev–Trinajstić information content (AvgIpc) is 2.52. The molecule has 0 heterocycles. The van der Waals surface area contributed by atoms with Gasteiger partial charge >= 0.3 is 0 Å². The summed E-state index contributed by atoms with van der Waals surface area (Å²) in [6, 6.07) is 7.00.